The summed E-state index contributed by atoms with van der Waals surface area (Å²) in [7, 11) is 0. The third-order valence-electron chi connectivity index (χ3n) is 8.91. The second-order valence-corrected chi connectivity index (χ2v) is 10.9. The molecule has 1 aliphatic carbocycles. The number of aliphatic hydroxyl groups excluding tert-OH is 1. The van der Waals surface area contributed by atoms with E-state index >= 15 is 0 Å². The molecular formula is C26H34N4O4. The van der Waals surface area contributed by atoms with Crippen molar-refractivity contribution in [3.8, 4) is 0 Å². The zero-order valence-corrected chi connectivity index (χ0v) is 19.7. The maximum atomic E-state index is 12.9. The molecule has 3 saturated heterocycles. The van der Waals surface area contributed by atoms with Crippen molar-refractivity contribution in [2.45, 2.75) is 63.5 Å². The predicted octanol–water partition coefficient (Wildman–Crippen LogP) is 2.80. The first-order valence-electron chi connectivity index (χ1n) is 12.9. The van der Waals surface area contributed by atoms with Gasteiger partial charge in [0.05, 0.1) is 5.39 Å². The van der Waals surface area contributed by atoms with Gasteiger partial charge in [-0.3, -0.25) is 19.4 Å². The lowest BCUT2D eigenvalue weighted by Gasteiger charge is -2.47. The maximum Gasteiger partial charge on any atom is 0.258 e. The average molecular weight is 467 g/mol. The average Bonchev–Trinajstić information content (AvgIpc) is 3.50. The molecule has 4 aliphatic rings. The van der Waals surface area contributed by atoms with Crippen molar-refractivity contribution in [3.63, 3.8) is 0 Å². The van der Waals surface area contributed by atoms with Crippen LogP contribution in [0.2, 0.25) is 0 Å². The second-order valence-electron chi connectivity index (χ2n) is 10.9. The molecule has 0 radical (unpaired) electrons. The third-order valence-corrected chi connectivity index (χ3v) is 8.91. The smallest absolute Gasteiger partial charge is 0.258 e. The number of imide groups is 1. The largest absolute Gasteiger partial charge is 0.383 e. The van der Waals surface area contributed by atoms with Gasteiger partial charge in [0.1, 0.15) is 6.10 Å². The Labute approximate surface area is 199 Å². The van der Waals surface area contributed by atoms with Crippen molar-refractivity contribution in [1.29, 1.82) is 0 Å². The van der Waals surface area contributed by atoms with E-state index in [1.165, 1.54) is 4.90 Å². The summed E-state index contributed by atoms with van der Waals surface area (Å²) in [5, 5.41) is 16.1. The number of aromatic nitrogens is 1. The molecule has 34 heavy (non-hydrogen) atoms. The van der Waals surface area contributed by atoms with Gasteiger partial charge < -0.3 is 14.5 Å². The first-order valence-corrected chi connectivity index (χ1v) is 12.9. The van der Waals surface area contributed by atoms with Crippen molar-refractivity contribution in [2.75, 3.05) is 37.6 Å². The number of para-hydroxylation sites is 1. The normalized spacial score (nSPS) is 29.9. The molecule has 4 heterocycles. The van der Waals surface area contributed by atoms with E-state index in [0.29, 0.717) is 24.9 Å². The summed E-state index contributed by atoms with van der Waals surface area (Å²) < 4.78 is 5.52. The van der Waals surface area contributed by atoms with E-state index in [0.717, 1.165) is 87.9 Å². The number of aliphatic hydroxyl groups is 1. The summed E-state index contributed by atoms with van der Waals surface area (Å²) in [6.07, 6.45) is 5.91. The Bertz CT molecular complexity index is 1080. The molecule has 1 aromatic carbocycles. The Hall–Kier alpha value is -2.45. The van der Waals surface area contributed by atoms with Crippen LogP contribution in [0.1, 0.15) is 51.4 Å². The quantitative estimate of drug-likeness (QED) is 0.693. The number of hydrogen-bond acceptors (Lipinski definition) is 7. The number of hydrogen-bond donors (Lipinski definition) is 1. The molecule has 1 saturated carbocycles. The number of amides is 2. The Morgan fingerprint density at radius 1 is 1.09 bits per heavy atom. The number of anilines is 1. The lowest BCUT2D eigenvalue weighted by atomic mass is 9.74. The Morgan fingerprint density at radius 3 is 2.76 bits per heavy atom. The monoisotopic (exact) mass is 466 g/mol. The van der Waals surface area contributed by atoms with E-state index in [4.69, 9.17) is 4.52 Å². The zero-order valence-electron chi connectivity index (χ0n) is 19.7. The molecule has 3 atom stereocenters. The van der Waals surface area contributed by atoms with Gasteiger partial charge in [-0.2, -0.15) is 0 Å². The summed E-state index contributed by atoms with van der Waals surface area (Å²) in [5.74, 6) is 0.966. The highest BCUT2D eigenvalue weighted by Gasteiger charge is 2.52. The minimum absolute atomic E-state index is 0.0839. The molecule has 8 heteroatoms. The van der Waals surface area contributed by atoms with Crippen LogP contribution in [-0.2, 0) is 9.59 Å². The number of fused-ring (bicyclic) bond motifs is 2. The summed E-state index contributed by atoms with van der Waals surface area (Å²) in [6.45, 7) is 4.27. The van der Waals surface area contributed by atoms with E-state index in [2.05, 4.69) is 21.0 Å². The SMILES string of the molecule is O=C1CC2(CCCC2)[C@@H](O)C(=O)N1CC[C@@H]1CC[C@H]2CN(c3noc4ccccc34)CCN2C1. The van der Waals surface area contributed by atoms with E-state index in [1.807, 2.05) is 18.2 Å². The molecule has 1 aromatic heterocycles. The van der Waals surface area contributed by atoms with Gasteiger partial charge in [0.25, 0.3) is 5.91 Å². The van der Waals surface area contributed by atoms with Crippen molar-refractivity contribution >= 4 is 28.6 Å². The number of benzene rings is 1. The van der Waals surface area contributed by atoms with Crippen LogP contribution in [0, 0.1) is 11.3 Å². The van der Waals surface area contributed by atoms with Gasteiger partial charge in [0, 0.05) is 50.6 Å². The van der Waals surface area contributed by atoms with E-state index in [-0.39, 0.29) is 11.8 Å². The van der Waals surface area contributed by atoms with E-state index in [9.17, 15) is 14.7 Å². The number of piperazine rings is 1. The summed E-state index contributed by atoms with van der Waals surface area (Å²) in [4.78, 5) is 31.9. The van der Waals surface area contributed by atoms with Crippen LogP contribution in [0.4, 0.5) is 5.82 Å². The zero-order chi connectivity index (χ0) is 23.3. The van der Waals surface area contributed by atoms with Crippen LogP contribution in [-0.4, -0.2) is 76.7 Å². The van der Waals surface area contributed by atoms with Gasteiger partial charge >= 0.3 is 0 Å². The molecule has 4 fully saturated rings. The lowest BCUT2D eigenvalue weighted by molar-refractivity contribution is -0.167. The van der Waals surface area contributed by atoms with Gasteiger partial charge in [0.2, 0.25) is 5.91 Å². The molecule has 2 amide bonds. The molecule has 8 nitrogen and oxygen atoms in total. The molecule has 1 spiro atoms. The predicted molar refractivity (Wildman–Crippen MR) is 127 cm³/mol. The number of carbonyl (C=O) groups excluding carboxylic acids is 2. The minimum Gasteiger partial charge on any atom is -0.383 e. The molecule has 2 aromatic rings. The van der Waals surface area contributed by atoms with Gasteiger partial charge in [-0.1, -0.05) is 30.1 Å². The number of nitrogens with zero attached hydrogens (tertiary/aromatic N) is 4. The molecule has 3 aliphatic heterocycles. The lowest BCUT2D eigenvalue weighted by Crippen LogP contribution is -2.58. The fourth-order valence-electron chi connectivity index (χ4n) is 6.89. The fourth-order valence-corrected chi connectivity index (χ4v) is 6.89. The number of rotatable bonds is 4. The number of carbonyl (C=O) groups is 2. The third kappa shape index (κ3) is 3.71. The fraction of sp³-hybridized carbons (Fsp3) is 0.654. The van der Waals surface area contributed by atoms with Gasteiger partial charge in [-0.15, -0.1) is 0 Å². The van der Waals surface area contributed by atoms with Crippen LogP contribution in [0.3, 0.4) is 0 Å². The topological polar surface area (TPSA) is 90.1 Å². The standard InChI is InChI=1S/C26H34N4O4/c31-22-15-26(10-3-4-11-26)23(32)25(33)30(22)12-9-18-7-8-19-17-29(14-13-28(19)16-18)24-20-5-1-2-6-21(20)34-27-24/h1-2,5-6,18-19,23,32H,3-4,7-17H2/t18-,19-,23-/m0/s1. The molecule has 182 valence electrons. The Balaban J connectivity index is 1.04. The highest BCUT2D eigenvalue weighted by molar-refractivity contribution is 6.01. The molecule has 1 N–H and O–H groups in total. The second kappa shape index (κ2) is 8.64. The van der Waals surface area contributed by atoms with Crippen molar-refractivity contribution in [1.82, 2.24) is 15.0 Å². The molecule has 0 bridgehead atoms. The Kier molecular flexibility index (Phi) is 5.60. The summed E-state index contributed by atoms with van der Waals surface area (Å²) >= 11 is 0. The van der Waals surface area contributed by atoms with Crippen LogP contribution in [0.5, 0.6) is 0 Å². The molecule has 6 rings (SSSR count). The van der Waals surface area contributed by atoms with E-state index in [1.54, 1.807) is 0 Å². The summed E-state index contributed by atoms with van der Waals surface area (Å²) in [6, 6.07) is 8.50. The van der Waals surface area contributed by atoms with E-state index < -0.39 is 11.5 Å². The molecule has 0 unspecified atom stereocenters. The first kappa shape index (κ1) is 22.0. The minimum atomic E-state index is -1.01. The summed E-state index contributed by atoms with van der Waals surface area (Å²) in [5.41, 5.74) is 0.340. The van der Waals surface area contributed by atoms with Crippen LogP contribution < -0.4 is 4.90 Å². The van der Waals surface area contributed by atoms with Crippen molar-refractivity contribution in [2.24, 2.45) is 11.3 Å². The van der Waals surface area contributed by atoms with Gasteiger partial charge in [-0.05, 0) is 50.2 Å². The van der Waals surface area contributed by atoms with Crippen LogP contribution >= 0.6 is 0 Å². The number of piperidine rings is 2. The highest BCUT2D eigenvalue weighted by atomic mass is 16.5. The van der Waals surface area contributed by atoms with Crippen LogP contribution in [0.25, 0.3) is 11.0 Å². The first-order chi connectivity index (χ1) is 16.5. The maximum absolute atomic E-state index is 12.9. The highest BCUT2D eigenvalue weighted by Crippen LogP contribution is 2.47. The Morgan fingerprint density at radius 2 is 1.91 bits per heavy atom. The van der Waals surface area contributed by atoms with Crippen molar-refractivity contribution in [3.05, 3.63) is 24.3 Å². The van der Waals surface area contributed by atoms with Crippen molar-refractivity contribution < 1.29 is 19.2 Å². The van der Waals surface area contributed by atoms with Gasteiger partial charge in [-0.25, -0.2) is 0 Å². The molecular weight excluding hydrogens is 432 g/mol. The van der Waals surface area contributed by atoms with Crippen LogP contribution in [0.15, 0.2) is 28.8 Å². The number of likely N-dealkylation sites (tertiary alicyclic amines) is 1. The van der Waals surface area contributed by atoms with Gasteiger partial charge in [0.15, 0.2) is 11.4 Å².